The SMILES string of the molecule is C=CCN(c1cc(OC)c(OC)cc1C(=O)OC)S(=O)(=O)c1ccc(OCC)cc1. The molecule has 0 aromatic heterocycles. The van der Waals surface area contributed by atoms with E-state index in [4.69, 9.17) is 18.9 Å². The number of hydrogen-bond donors (Lipinski definition) is 0. The molecule has 162 valence electrons. The summed E-state index contributed by atoms with van der Waals surface area (Å²) in [5, 5.41) is 0. The van der Waals surface area contributed by atoms with Crippen LogP contribution in [0.5, 0.6) is 17.2 Å². The van der Waals surface area contributed by atoms with Crippen LogP contribution < -0.4 is 18.5 Å². The number of esters is 1. The van der Waals surface area contributed by atoms with Gasteiger partial charge >= 0.3 is 5.97 Å². The lowest BCUT2D eigenvalue weighted by Gasteiger charge is -2.26. The van der Waals surface area contributed by atoms with E-state index in [0.29, 0.717) is 12.4 Å². The number of carbonyl (C=O) groups excluding carboxylic acids is 1. The zero-order valence-corrected chi connectivity index (χ0v) is 18.2. The minimum absolute atomic E-state index is 0.00603. The molecule has 2 aromatic carbocycles. The maximum atomic E-state index is 13.4. The Bertz CT molecular complexity index is 1000. The lowest BCUT2D eigenvalue weighted by atomic mass is 10.1. The normalized spacial score (nSPS) is 10.8. The molecule has 0 radical (unpaired) electrons. The van der Waals surface area contributed by atoms with Crippen LogP contribution in [0.15, 0.2) is 53.9 Å². The molecule has 8 nitrogen and oxygen atoms in total. The largest absolute Gasteiger partial charge is 0.494 e. The van der Waals surface area contributed by atoms with Gasteiger partial charge in [0.25, 0.3) is 10.0 Å². The Labute approximate surface area is 176 Å². The number of anilines is 1. The van der Waals surface area contributed by atoms with Crippen LogP contribution in [0, 0.1) is 0 Å². The van der Waals surface area contributed by atoms with Gasteiger partial charge in [0.1, 0.15) is 5.75 Å². The molecule has 0 saturated carbocycles. The van der Waals surface area contributed by atoms with Gasteiger partial charge in [0, 0.05) is 12.1 Å². The monoisotopic (exact) mass is 435 g/mol. The van der Waals surface area contributed by atoms with Crippen molar-refractivity contribution in [3.05, 3.63) is 54.6 Å². The first kappa shape index (κ1) is 23.1. The van der Waals surface area contributed by atoms with E-state index in [0.717, 1.165) is 4.31 Å². The third-order valence-corrected chi connectivity index (χ3v) is 5.99. The van der Waals surface area contributed by atoms with Gasteiger partial charge in [0.2, 0.25) is 0 Å². The van der Waals surface area contributed by atoms with E-state index in [1.807, 2.05) is 6.92 Å². The molecular weight excluding hydrogens is 410 g/mol. The average Bonchev–Trinajstić information content (AvgIpc) is 2.76. The number of methoxy groups -OCH3 is 3. The third-order valence-electron chi connectivity index (χ3n) is 4.19. The van der Waals surface area contributed by atoms with Crippen LogP contribution in [0.3, 0.4) is 0 Å². The van der Waals surface area contributed by atoms with Gasteiger partial charge in [-0.3, -0.25) is 4.31 Å². The maximum Gasteiger partial charge on any atom is 0.340 e. The minimum Gasteiger partial charge on any atom is -0.494 e. The summed E-state index contributed by atoms with van der Waals surface area (Å²) in [4.78, 5) is 12.4. The predicted octanol–water partition coefficient (Wildman–Crippen LogP) is 3.27. The third kappa shape index (κ3) is 4.68. The molecule has 0 heterocycles. The van der Waals surface area contributed by atoms with Crippen LogP contribution in [0.4, 0.5) is 5.69 Å². The number of sulfonamides is 1. The van der Waals surface area contributed by atoms with Crippen LogP contribution in [0.1, 0.15) is 17.3 Å². The number of carbonyl (C=O) groups is 1. The molecule has 0 amide bonds. The molecule has 0 spiro atoms. The van der Waals surface area contributed by atoms with Gasteiger partial charge in [-0.2, -0.15) is 0 Å². The lowest BCUT2D eigenvalue weighted by Crippen LogP contribution is -2.32. The quantitative estimate of drug-likeness (QED) is 0.418. The average molecular weight is 435 g/mol. The van der Waals surface area contributed by atoms with E-state index >= 15 is 0 Å². The second-order valence-corrected chi connectivity index (χ2v) is 7.81. The van der Waals surface area contributed by atoms with Gasteiger partial charge < -0.3 is 18.9 Å². The fourth-order valence-corrected chi connectivity index (χ4v) is 4.24. The van der Waals surface area contributed by atoms with Crippen molar-refractivity contribution in [1.29, 1.82) is 0 Å². The summed E-state index contributed by atoms with van der Waals surface area (Å²) in [6, 6.07) is 8.81. The molecule has 0 N–H and O–H groups in total. The van der Waals surface area contributed by atoms with Crippen molar-refractivity contribution in [2.24, 2.45) is 0 Å². The minimum atomic E-state index is -4.05. The number of ether oxygens (including phenoxy) is 4. The van der Waals surface area contributed by atoms with Crippen LogP contribution in [-0.2, 0) is 14.8 Å². The predicted molar refractivity (Wildman–Crippen MR) is 113 cm³/mol. The smallest absolute Gasteiger partial charge is 0.340 e. The van der Waals surface area contributed by atoms with Gasteiger partial charge in [-0.1, -0.05) is 6.08 Å². The van der Waals surface area contributed by atoms with Crippen molar-refractivity contribution >= 4 is 21.7 Å². The maximum absolute atomic E-state index is 13.4. The summed E-state index contributed by atoms with van der Waals surface area (Å²) in [7, 11) is -0.0161. The summed E-state index contributed by atoms with van der Waals surface area (Å²) >= 11 is 0. The molecule has 0 saturated heterocycles. The van der Waals surface area contributed by atoms with Crippen molar-refractivity contribution in [2.75, 3.05) is 38.8 Å². The zero-order chi connectivity index (χ0) is 22.3. The number of rotatable bonds is 10. The van der Waals surface area contributed by atoms with Gasteiger partial charge in [-0.25, -0.2) is 13.2 Å². The Morgan fingerprint density at radius 3 is 2.17 bits per heavy atom. The van der Waals surface area contributed by atoms with Crippen molar-refractivity contribution in [2.45, 2.75) is 11.8 Å². The van der Waals surface area contributed by atoms with Crippen LogP contribution in [0.25, 0.3) is 0 Å². The molecule has 0 fully saturated rings. The number of hydrogen-bond acceptors (Lipinski definition) is 7. The Morgan fingerprint density at radius 1 is 1.07 bits per heavy atom. The molecule has 0 atom stereocenters. The fourth-order valence-electron chi connectivity index (χ4n) is 2.79. The molecular formula is C21H25NO7S. The molecule has 0 aliphatic heterocycles. The molecule has 2 aromatic rings. The Hall–Kier alpha value is -3.20. The summed E-state index contributed by atoms with van der Waals surface area (Å²) < 4.78 is 48.6. The van der Waals surface area contributed by atoms with Crippen LogP contribution >= 0.6 is 0 Å². The number of nitrogens with zero attached hydrogens (tertiary/aromatic N) is 1. The van der Waals surface area contributed by atoms with Crippen LogP contribution in [0.2, 0.25) is 0 Å². The van der Waals surface area contributed by atoms with Crippen molar-refractivity contribution in [1.82, 2.24) is 0 Å². The summed E-state index contributed by atoms with van der Waals surface area (Å²) in [6.07, 6.45) is 1.42. The van der Waals surface area contributed by atoms with Crippen molar-refractivity contribution in [3.63, 3.8) is 0 Å². The standard InChI is InChI=1S/C21H25NO7S/c1-6-12-22(30(24,25)16-10-8-15(9-11-16)29-7-2)18-14-20(27-4)19(26-3)13-17(18)21(23)28-5/h6,8-11,13-14H,1,7,12H2,2-5H3. The second-order valence-electron chi connectivity index (χ2n) is 5.95. The van der Waals surface area contributed by atoms with E-state index in [1.165, 1.54) is 51.7 Å². The first-order chi connectivity index (χ1) is 14.3. The van der Waals surface area contributed by atoms with E-state index < -0.39 is 16.0 Å². The van der Waals surface area contributed by atoms with Crippen molar-refractivity contribution < 1.29 is 32.2 Å². The summed E-state index contributed by atoms with van der Waals surface area (Å²) in [5.74, 6) is 0.352. The van der Waals surface area contributed by atoms with E-state index in [2.05, 4.69) is 6.58 Å². The van der Waals surface area contributed by atoms with Gasteiger partial charge in [0.15, 0.2) is 11.5 Å². The molecule has 30 heavy (non-hydrogen) atoms. The fraction of sp³-hybridized carbons (Fsp3) is 0.286. The topological polar surface area (TPSA) is 91.4 Å². The Balaban J connectivity index is 2.68. The van der Waals surface area contributed by atoms with E-state index in [1.54, 1.807) is 12.1 Å². The Morgan fingerprint density at radius 2 is 1.67 bits per heavy atom. The first-order valence-corrected chi connectivity index (χ1v) is 10.5. The molecule has 9 heteroatoms. The first-order valence-electron chi connectivity index (χ1n) is 9.04. The lowest BCUT2D eigenvalue weighted by molar-refractivity contribution is 0.0601. The van der Waals surface area contributed by atoms with E-state index in [-0.39, 0.29) is 34.2 Å². The highest BCUT2D eigenvalue weighted by Crippen LogP contribution is 2.37. The zero-order valence-electron chi connectivity index (χ0n) is 17.4. The highest BCUT2D eigenvalue weighted by molar-refractivity contribution is 7.92. The molecule has 0 aliphatic carbocycles. The van der Waals surface area contributed by atoms with E-state index in [9.17, 15) is 13.2 Å². The Kier molecular flexibility index (Phi) is 7.71. The molecule has 2 rings (SSSR count). The highest BCUT2D eigenvalue weighted by Gasteiger charge is 2.30. The highest BCUT2D eigenvalue weighted by atomic mass is 32.2. The van der Waals surface area contributed by atoms with Gasteiger partial charge in [-0.05, 0) is 31.2 Å². The van der Waals surface area contributed by atoms with Crippen molar-refractivity contribution in [3.8, 4) is 17.2 Å². The summed E-state index contributed by atoms with van der Waals surface area (Å²) in [5.41, 5.74) is 0.0831. The second kappa shape index (κ2) is 10.0. The van der Waals surface area contributed by atoms with Crippen LogP contribution in [-0.4, -0.2) is 48.9 Å². The molecule has 0 bridgehead atoms. The molecule has 0 aliphatic rings. The number of benzene rings is 2. The summed E-state index contributed by atoms with van der Waals surface area (Å²) in [6.45, 7) is 5.85. The molecule has 0 unspecified atom stereocenters. The van der Waals surface area contributed by atoms with Gasteiger partial charge in [0.05, 0.1) is 50.6 Å². The van der Waals surface area contributed by atoms with Gasteiger partial charge in [-0.15, -0.1) is 6.58 Å².